The van der Waals surface area contributed by atoms with Gasteiger partial charge in [-0.3, -0.25) is 14.2 Å². The van der Waals surface area contributed by atoms with Crippen LogP contribution in [0.2, 0.25) is 0 Å². The van der Waals surface area contributed by atoms with Crippen molar-refractivity contribution < 1.29 is 4.74 Å². The Kier molecular flexibility index (Phi) is 4.57. The van der Waals surface area contributed by atoms with Crippen molar-refractivity contribution in [1.29, 1.82) is 0 Å². The van der Waals surface area contributed by atoms with E-state index in [0.29, 0.717) is 18.0 Å². The lowest BCUT2D eigenvalue weighted by atomic mass is 10.1. The average molecular weight is 336 g/mol. The minimum absolute atomic E-state index is 0.318. The highest BCUT2D eigenvalue weighted by molar-refractivity contribution is 5.39. The fourth-order valence-corrected chi connectivity index (χ4v) is 2.89. The first-order valence-electron chi connectivity index (χ1n) is 8.01. The van der Waals surface area contributed by atoms with Crippen LogP contribution >= 0.6 is 0 Å². The fourth-order valence-electron chi connectivity index (χ4n) is 2.89. The molecule has 1 heterocycles. The summed E-state index contributed by atoms with van der Waals surface area (Å²) in [6, 6.07) is 13.2. The molecular weight excluding hydrogens is 316 g/mol. The van der Waals surface area contributed by atoms with Crippen LogP contribution in [-0.4, -0.2) is 16.2 Å². The SMILES string of the molecule is COc1cccc(Cn2ccn(-c3cc(C)cc(C)c3)c(=O)c2=O)c1. The molecule has 0 atom stereocenters. The molecule has 1 aromatic heterocycles. The van der Waals surface area contributed by atoms with E-state index in [2.05, 4.69) is 0 Å². The third-order valence-corrected chi connectivity index (χ3v) is 4.03. The van der Waals surface area contributed by atoms with Crippen molar-refractivity contribution in [3.8, 4) is 11.4 Å². The molecule has 0 aliphatic heterocycles. The Bertz CT molecular complexity index is 1010. The van der Waals surface area contributed by atoms with E-state index >= 15 is 0 Å². The van der Waals surface area contributed by atoms with Crippen LogP contribution in [0, 0.1) is 13.8 Å². The second-order valence-electron chi connectivity index (χ2n) is 6.10. The van der Waals surface area contributed by atoms with E-state index in [1.54, 1.807) is 19.5 Å². The van der Waals surface area contributed by atoms with Crippen molar-refractivity contribution in [2.45, 2.75) is 20.4 Å². The second kappa shape index (κ2) is 6.81. The lowest BCUT2D eigenvalue weighted by Crippen LogP contribution is -2.40. The predicted octanol–water partition coefficient (Wildman–Crippen LogP) is 2.67. The number of methoxy groups -OCH3 is 1. The van der Waals surface area contributed by atoms with E-state index in [1.807, 2.05) is 56.3 Å². The van der Waals surface area contributed by atoms with E-state index in [0.717, 1.165) is 16.7 Å². The minimum atomic E-state index is -0.560. The van der Waals surface area contributed by atoms with Gasteiger partial charge in [-0.05, 0) is 54.8 Å². The Morgan fingerprint density at radius 1 is 0.920 bits per heavy atom. The van der Waals surface area contributed by atoms with E-state index < -0.39 is 11.1 Å². The Hall–Kier alpha value is -3.08. The number of rotatable bonds is 4. The van der Waals surface area contributed by atoms with Crippen molar-refractivity contribution in [3.05, 3.63) is 92.3 Å². The van der Waals surface area contributed by atoms with Gasteiger partial charge in [0, 0.05) is 18.1 Å². The van der Waals surface area contributed by atoms with Crippen LogP contribution in [0.3, 0.4) is 0 Å². The number of aromatic nitrogens is 2. The number of benzene rings is 2. The first kappa shape index (κ1) is 16.8. The number of hydrogen-bond acceptors (Lipinski definition) is 3. The van der Waals surface area contributed by atoms with Gasteiger partial charge in [-0.15, -0.1) is 0 Å². The molecule has 0 N–H and O–H groups in total. The monoisotopic (exact) mass is 336 g/mol. The molecule has 3 aromatic rings. The molecule has 3 rings (SSSR count). The summed E-state index contributed by atoms with van der Waals surface area (Å²) in [7, 11) is 1.59. The Balaban J connectivity index is 2.00. The summed E-state index contributed by atoms with van der Waals surface area (Å²) in [6.07, 6.45) is 3.28. The van der Waals surface area contributed by atoms with Gasteiger partial charge in [0.25, 0.3) is 0 Å². The van der Waals surface area contributed by atoms with Gasteiger partial charge in [0.1, 0.15) is 5.75 Å². The summed E-state index contributed by atoms with van der Waals surface area (Å²) in [6.45, 7) is 4.25. The van der Waals surface area contributed by atoms with Crippen LogP contribution in [0.25, 0.3) is 5.69 Å². The van der Waals surface area contributed by atoms with Gasteiger partial charge in [0.2, 0.25) is 0 Å². The van der Waals surface area contributed by atoms with Crippen LogP contribution in [0.5, 0.6) is 5.75 Å². The highest BCUT2D eigenvalue weighted by Crippen LogP contribution is 2.14. The molecule has 0 amide bonds. The zero-order valence-electron chi connectivity index (χ0n) is 14.5. The maximum atomic E-state index is 12.5. The quantitative estimate of drug-likeness (QED) is 0.688. The Morgan fingerprint density at radius 2 is 1.64 bits per heavy atom. The molecule has 0 fully saturated rings. The van der Waals surface area contributed by atoms with Crippen LogP contribution in [0.15, 0.2) is 64.4 Å². The average Bonchev–Trinajstić information content (AvgIpc) is 2.58. The largest absolute Gasteiger partial charge is 0.497 e. The molecule has 128 valence electrons. The van der Waals surface area contributed by atoms with Crippen LogP contribution < -0.4 is 15.9 Å². The van der Waals surface area contributed by atoms with Crippen molar-refractivity contribution in [2.24, 2.45) is 0 Å². The van der Waals surface area contributed by atoms with E-state index in [-0.39, 0.29) is 0 Å². The van der Waals surface area contributed by atoms with Gasteiger partial charge in [-0.2, -0.15) is 0 Å². The van der Waals surface area contributed by atoms with Gasteiger partial charge >= 0.3 is 11.1 Å². The molecular formula is C20H20N2O3. The molecule has 25 heavy (non-hydrogen) atoms. The topological polar surface area (TPSA) is 53.2 Å². The first-order valence-corrected chi connectivity index (χ1v) is 8.01. The number of aryl methyl sites for hydroxylation is 2. The molecule has 0 saturated heterocycles. The second-order valence-corrected chi connectivity index (χ2v) is 6.10. The summed E-state index contributed by atoms with van der Waals surface area (Å²) in [5.74, 6) is 0.717. The summed E-state index contributed by atoms with van der Waals surface area (Å²) in [5.41, 5.74) is 2.57. The third kappa shape index (κ3) is 3.55. The summed E-state index contributed by atoms with van der Waals surface area (Å²) >= 11 is 0. The molecule has 5 heteroatoms. The van der Waals surface area contributed by atoms with Crippen LogP contribution in [-0.2, 0) is 6.54 Å². The smallest absolute Gasteiger partial charge is 0.320 e. The lowest BCUT2D eigenvalue weighted by molar-refractivity contribution is 0.414. The molecule has 2 aromatic carbocycles. The van der Waals surface area contributed by atoms with E-state index in [1.165, 1.54) is 9.13 Å². The van der Waals surface area contributed by atoms with Gasteiger partial charge in [-0.25, -0.2) is 0 Å². The van der Waals surface area contributed by atoms with Crippen LogP contribution in [0.1, 0.15) is 16.7 Å². The zero-order chi connectivity index (χ0) is 18.0. The normalized spacial score (nSPS) is 10.7. The van der Waals surface area contributed by atoms with E-state index in [9.17, 15) is 9.59 Å². The van der Waals surface area contributed by atoms with Crippen molar-refractivity contribution in [3.63, 3.8) is 0 Å². The highest BCUT2D eigenvalue weighted by atomic mass is 16.5. The molecule has 0 saturated carbocycles. The fraction of sp³-hybridized carbons (Fsp3) is 0.200. The molecule has 0 unspecified atom stereocenters. The van der Waals surface area contributed by atoms with Gasteiger partial charge in [0.15, 0.2) is 0 Å². The molecule has 0 spiro atoms. The maximum Gasteiger partial charge on any atom is 0.320 e. The van der Waals surface area contributed by atoms with Crippen LogP contribution in [0.4, 0.5) is 0 Å². The number of nitrogens with zero attached hydrogens (tertiary/aromatic N) is 2. The van der Waals surface area contributed by atoms with Gasteiger partial charge in [0.05, 0.1) is 13.7 Å². The summed E-state index contributed by atoms with van der Waals surface area (Å²) in [5, 5.41) is 0. The Labute approximate surface area is 145 Å². The van der Waals surface area contributed by atoms with Crippen molar-refractivity contribution >= 4 is 0 Å². The number of hydrogen-bond donors (Lipinski definition) is 0. The predicted molar refractivity (Wildman–Crippen MR) is 97.9 cm³/mol. The minimum Gasteiger partial charge on any atom is -0.497 e. The zero-order valence-corrected chi connectivity index (χ0v) is 14.5. The molecule has 0 aliphatic rings. The first-order chi connectivity index (χ1) is 12.0. The standard InChI is InChI=1S/C20H20N2O3/c1-14-9-15(2)11-17(10-14)22-8-7-21(19(23)20(22)24)13-16-5-4-6-18(12-16)25-3/h4-12H,13H2,1-3H3. The van der Waals surface area contributed by atoms with E-state index in [4.69, 9.17) is 4.74 Å². The third-order valence-electron chi connectivity index (χ3n) is 4.03. The number of ether oxygens (including phenoxy) is 1. The highest BCUT2D eigenvalue weighted by Gasteiger charge is 2.08. The van der Waals surface area contributed by atoms with Crippen molar-refractivity contribution in [2.75, 3.05) is 7.11 Å². The molecule has 0 radical (unpaired) electrons. The van der Waals surface area contributed by atoms with Gasteiger partial charge < -0.3 is 9.30 Å². The summed E-state index contributed by atoms with van der Waals surface area (Å²) in [4.78, 5) is 25.0. The molecule has 5 nitrogen and oxygen atoms in total. The molecule has 0 bridgehead atoms. The maximum absolute atomic E-state index is 12.5. The molecule has 0 aliphatic carbocycles. The summed E-state index contributed by atoms with van der Waals surface area (Å²) < 4.78 is 8.00. The van der Waals surface area contributed by atoms with Gasteiger partial charge in [-0.1, -0.05) is 18.2 Å². The van der Waals surface area contributed by atoms with Crippen molar-refractivity contribution in [1.82, 2.24) is 9.13 Å². The lowest BCUT2D eigenvalue weighted by Gasteiger charge is -2.11. The Morgan fingerprint density at radius 3 is 2.32 bits per heavy atom.